The molecule has 0 aliphatic heterocycles. The predicted octanol–water partition coefficient (Wildman–Crippen LogP) is 3.08. The number of benzene rings is 2. The molecule has 0 radical (unpaired) electrons. The first-order valence-corrected chi connectivity index (χ1v) is 7.33. The Morgan fingerprint density at radius 3 is 2.00 bits per heavy atom. The number of nitrogens with two attached hydrogens (primary N) is 1. The summed E-state index contributed by atoms with van der Waals surface area (Å²) >= 11 is 0. The second-order valence-corrected chi connectivity index (χ2v) is 5.26. The van der Waals surface area contributed by atoms with Crippen molar-refractivity contribution in [2.45, 2.75) is 25.9 Å². The van der Waals surface area contributed by atoms with E-state index in [1.807, 2.05) is 6.07 Å². The summed E-state index contributed by atoms with van der Waals surface area (Å²) in [7, 11) is 0. The van der Waals surface area contributed by atoms with Crippen LogP contribution in [-0.4, -0.2) is 24.0 Å². The van der Waals surface area contributed by atoms with Crippen LogP contribution in [0, 0.1) is 0 Å². The van der Waals surface area contributed by atoms with Crippen molar-refractivity contribution >= 4 is 0 Å². The molecule has 2 N–H and O–H groups in total. The van der Waals surface area contributed by atoms with E-state index in [9.17, 15) is 0 Å². The van der Waals surface area contributed by atoms with Crippen molar-refractivity contribution in [3.63, 3.8) is 0 Å². The minimum atomic E-state index is 0.182. The SMILES string of the molecule is CCN(Cc1ccccc1)CC(N)Cc1ccccc1. The minimum absolute atomic E-state index is 0.182. The fourth-order valence-corrected chi connectivity index (χ4v) is 2.46. The van der Waals surface area contributed by atoms with Gasteiger partial charge >= 0.3 is 0 Å². The van der Waals surface area contributed by atoms with Gasteiger partial charge in [-0.2, -0.15) is 0 Å². The molecule has 20 heavy (non-hydrogen) atoms. The first-order valence-electron chi connectivity index (χ1n) is 7.33. The van der Waals surface area contributed by atoms with Crippen LogP contribution in [0.3, 0.4) is 0 Å². The molecule has 0 fully saturated rings. The zero-order valence-corrected chi connectivity index (χ0v) is 12.2. The molecule has 0 heterocycles. The first kappa shape index (κ1) is 14.8. The van der Waals surface area contributed by atoms with Gasteiger partial charge in [0.1, 0.15) is 0 Å². The summed E-state index contributed by atoms with van der Waals surface area (Å²) in [4.78, 5) is 2.41. The van der Waals surface area contributed by atoms with Crippen LogP contribution in [0.4, 0.5) is 0 Å². The van der Waals surface area contributed by atoms with Crippen molar-refractivity contribution in [2.75, 3.05) is 13.1 Å². The van der Waals surface area contributed by atoms with Gasteiger partial charge in [-0.3, -0.25) is 4.90 Å². The molecule has 0 spiro atoms. The van der Waals surface area contributed by atoms with E-state index in [0.29, 0.717) is 0 Å². The van der Waals surface area contributed by atoms with Gasteiger partial charge in [0, 0.05) is 19.1 Å². The highest BCUT2D eigenvalue weighted by molar-refractivity contribution is 5.16. The Bertz CT molecular complexity index is 481. The average molecular weight is 268 g/mol. The fraction of sp³-hybridized carbons (Fsp3) is 0.333. The largest absolute Gasteiger partial charge is 0.326 e. The summed E-state index contributed by atoms with van der Waals surface area (Å²) in [5.74, 6) is 0. The first-order chi connectivity index (χ1) is 9.78. The number of hydrogen-bond donors (Lipinski definition) is 1. The monoisotopic (exact) mass is 268 g/mol. The molecule has 106 valence electrons. The molecule has 2 aromatic carbocycles. The Labute approximate surface area is 122 Å². The Morgan fingerprint density at radius 2 is 1.45 bits per heavy atom. The molecule has 1 atom stereocenters. The molecular formula is C18H24N2. The Morgan fingerprint density at radius 1 is 0.900 bits per heavy atom. The second-order valence-electron chi connectivity index (χ2n) is 5.26. The highest BCUT2D eigenvalue weighted by atomic mass is 15.1. The van der Waals surface area contributed by atoms with Crippen LogP contribution in [0.2, 0.25) is 0 Å². The van der Waals surface area contributed by atoms with E-state index in [0.717, 1.165) is 26.1 Å². The molecule has 2 rings (SSSR count). The number of rotatable bonds is 7. The molecule has 1 unspecified atom stereocenters. The van der Waals surface area contributed by atoms with E-state index >= 15 is 0 Å². The maximum atomic E-state index is 6.29. The minimum Gasteiger partial charge on any atom is -0.326 e. The van der Waals surface area contributed by atoms with Gasteiger partial charge in [-0.1, -0.05) is 67.6 Å². The lowest BCUT2D eigenvalue weighted by Gasteiger charge is -2.24. The van der Waals surface area contributed by atoms with Crippen LogP contribution in [0.5, 0.6) is 0 Å². The lowest BCUT2D eigenvalue weighted by Crippen LogP contribution is -2.38. The normalized spacial score (nSPS) is 12.6. The quantitative estimate of drug-likeness (QED) is 0.836. The lowest BCUT2D eigenvalue weighted by atomic mass is 10.1. The van der Waals surface area contributed by atoms with Crippen molar-refractivity contribution < 1.29 is 0 Å². The molecule has 0 saturated carbocycles. The maximum absolute atomic E-state index is 6.29. The van der Waals surface area contributed by atoms with Crippen molar-refractivity contribution in [3.8, 4) is 0 Å². The van der Waals surface area contributed by atoms with Crippen LogP contribution in [-0.2, 0) is 13.0 Å². The molecule has 2 aromatic rings. The Balaban J connectivity index is 1.86. The third-order valence-corrected chi connectivity index (χ3v) is 3.53. The number of nitrogens with zero attached hydrogens (tertiary/aromatic N) is 1. The van der Waals surface area contributed by atoms with Gasteiger partial charge in [0.25, 0.3) is 0 Å². The molecule has 0 saturated heterocycles. The number of likely N-dealkylation sites (N-methyl/N-ethyl adjacent to an activating group) is 1. The maximum Gasteiger partial charge on any atom is 0.0234 e. The van der Waals surface area contributed by atoms with E-state index in [4.69, 9.17) is 5.73 Å². The van der Waals surface area contributed by atoms with Crippen molar-refractivity contribution in [2.24, 2.45) is 5.73 Å². The summed E-state index contributed by atoms with van der Waals surface area (Å²) < 4.78 is 0. The molecule has 0 aliphatic carbocycles. The summed E-state index contributed by atoms with van der Waals surface area (Å²) in [6, 6.07) is 21.2. The molecule has 2 heteroatoms. The van der Waals surface area contributed by atoms with Gasteiger partial charge in [-0.25, -0.2) is 0 Å². The smallest absolute Gasteiger partial charge is 0.0234 e. The van der Waals surface area contributed by atoms with E-state index in [1.165, 1.54) is 11.1 Å². The summed E-state index contributed by atoms with van der Waals surface area (Å²) in [6.45, 7) is 5.12. The summed E-state index contributed by atoms with van der Waals surface area (Å²) in [5.41, 5.74) is 8.96. The molecule has 0 aliphatic rings. The highest BCUT2D eigenvalue weighted by Crippen LogP contribution is 2.07. The van der Waals surface area contributed by atoms with Gasteiger partial charge < -0.3 is 5.73 Å². The van der Waals surface area contributed by atoms with Crippen molar-refractivity contribution in [1.29, 1.82) is 0 Å². The van der Waals surface area contributed by atoms with Crippen LogP contribution in [0.25, 0.3) is 0 Å². The van der Waals surface area contributed by atoms with E-state index < -0.39 is 0 Å². The van der Waals surface area contributed by atoms with Gasteiger partial charge in [0.05, 0.1) is 0 Å². The van der Waals surface area contributed by atoms with Gasteiger partial charge in [-0.05, 0) is 24.1 Å². The lowest BCUT2D eigenvalue weighted by molar-refractivity contribution is 0.260. The molecule has 0 aromatic heterocycles. The molecule has 2 nitrogen and oxygen atoms in total. The standard InChI is InChI=1S/C18H24N2/c1-2-20(14-17-11-7-4-8-12-17)15-18(19)13-16-9-5-3-6-10-16/h3-12,18H,2,13-15,19H2,1H3. The molecule has 0 amide bonds. The summed E-state index contributed by atoms with van der Waals surface area (Å²) in [6.07, 6.45) is 0.937. The molecule has 0 bridgehead atoms. The van der Waals surface area contributed by atoms with Gasteiger partial charge in [0.15, 0.2) is 0 Å². The third-order valence-electron chi connectivity index (χ3n) is 3.53. The van der Waals surface area contributed by atoms with Crippen LogP contribution >= 0.6 is 0 Å². The highest BCUT2D eigenvalue weighted by Gasteiger charge is 2.10. The van der Waals surface area contributed by atoms with Crippen molar-refractivity contribution in [3.05, 3.63) is 71.8 Å². The summed E-state index contributed by atoms with van der Waals surface area (Å²) in [5, 5.41) is 0. The zero-order valence-electron chi connectivity index (χ0n) is 12.2. The average Bonchev–Trinajstić information content (AvgIpc) is 2.48. The van der Waals surface area contributed by atoms with Crippen LogP contribution in [0.1, 0.15) is 18.1 Å². The predicted molar refractivity (Wildman–Crippen MR) is 85.5 cm³/mol. The van der Waals surface area contributed by atoms with E-state index in [-0.39, 0.29) is 6.04 Å². The van der Waals surface area contributed by atoms with Gasteiger partial charge in [-0.15, -0.1) is 0 Å². The van der Waals surface area contributed by atoms with Crippen LogP contribution < -0.4 is 5.73 Å². The third kappa shape index (κ3) is 4.80. The van der Waals surface area contributed by atoms with E-state index in [2.05, 4.69) is 66.4 Å². The van der Waals surface area contributed by atoms with Gasteiger partial charge in [0.2, 0.25) is 0 Å². The zero-order chi connectivity index (χ0) is 14.2. The second kappa shape index (κ2) is 7.83. The van der Waals surface area contributed by atoms with Crippen LogP contribution in [0.15, 0.2) is 60.7 Å². The van der Waals surface area contributed by atoms with E-state index in [1.54, 1.807) is 0 Å². The fourth-order valence-electron chi connectivity index (χ4n) is 2.46. The topological polar surface area (TPSA) is 29.3 Å². The van der Waals surface area contributed by atoms with Crippen molar-refractivity contribution in [1.82, 2.24) is 4.90 Å². The Hall–Kier alpha value is -1.64. The Kier molecular flexibility index (Phi) is 5.78. The molecular weight excluding hydrogens is 244 g/mol. The number of hydrogen-bond acceptors (Lipinski definition) is 2.